The highest BCUT2D eigenvalue weighted by Gasteiger charge is 2.18. The second kappa shape index (κ2) is 6.42. The first-order valence-corrected chi connectivity index (χ1v) is 8.39. The van der Waals surface area contributed by atoms with Crippen molar-refractivity contribution < 1.29 is 4.74 Å². The molecule has 5 heteroatoms. The zero-order valence-corrected chi connectivity index (χ0v) is 14.4. The van der Waals surface area contributed by atoms with E-state index in [0.29, 0.717) is 6.61 Å². The first kappa shape index (κ1) is 14.4. The molecule has 0 amide bonds. The molecule has 0 radical (unpaired) electrons. The van der Waals surface area contributed by atoms with Crippen molar-refractivity contribution in [1.82, 2.24) is 0 Å². The van der Waals surface area contributed by atoms with Gasteiger partial charge in [-0.25, -0.2) is 0 Å². The first-order valence-electron chi connectivity index (χ1n) is 5.42. The maximum Gasteiger partial charge on any atom is 0.120 e. The molecule has 1 aromatic carbocycles. The molecular weight excluding hydrogens is 399 g/mol. The number of ether oxygens (including phenoxy) is 1. The van der Waals surface area contributed by atoms with E-state index in [2.05, 4.69) is 31.9 Å². The Morgan fingerprint density at radius 1 is 1.39 bits per heavy atom. The van der Waals surface area contributed by atoms with E-state index < -0.39 is 0 Å². The van der Waals surface area contributed by atoms with Crippen molar-refractivity contribution in [2.75, 3.05) is 6.61 Å². The Hall–Kier alpha value is -0.0300. The molecule has 2 rings (SSSR count). The van der Waals surface area contributed by atoms with Crippen LogP contribution in [0.4, 0.5) is 0 Å². The van der Waals surface area contributed by atoms with Gasteiger partial charge in [-0.3, -0.25) is 0 Å². The summed E-state index contributed by atoms with van der Waals surface area (Å²) in [6.07, 6.45) is 0. The SMILES string of the molecule is CCOc1ccc(C(Br)c2sccc2Cl)c(Br)c1. The zero-order chi connectivity index (χ0) is 13.1. The van der Waals surface area contributed by atoms with Crippen molar-refractivity contribution in [3.05, 3.63) is 49.6 Å². The number of thiophene rings is 1. The monoisotopic (exact) mass is 408 g/mol. The topological polar surface area (TPSA) is 9.23 Å². The highest BCUT2D eigenvalue weighted by molar-refractivity contribution is 9.11. The lowest BCUT2D eigenvalue weighted by Gasteiger charge is -2.13. The van der Waals surface area contributed by atoms with Crippen LogP contribution < -0.4 is 4.74 Å². The summed E-state index contributed by atoms with van der Waals surface area (Å²) in [6, 6.07) is 7.91. The van der Waals surface area contributed by atoms with Gasteiger partial charge < -0.3 is 4.74 Å². The van der Waals surface area contributed by atoms with Crippen molar-refractivity contribution in [2.24, 2.45) is 0 Å². The van der Waals surface area contributed by atoms with Crippen LogP contribution in [0, 0.1) is 0 Å². The second-order valence-corrected chi connectivity index (χ2v) is 6.74. The van der Waals surface area contributed by atoms with Gasteiger partial charge in [-0.15, -0.1) is 11.3 Å². The summed E-state index contributed by atoms with van der Waals surface area (Å²) in [7, 11) is 0. The fourth-order valence-corrected chi connectivity index (χ4v) is 4.75. The lowest BCUT2D eigenvalue weighted by molar-refractivity contribution is 0.340. The van der Waals surface area contributed by atoms with E-state index in [1.807, 2.05) is 36.6 Å². The molecular formula is C13H11Br2ClOS. The Bertz CT molecular complexity index is 542. The molecule has 0 saturated carbocycles. The number of halogens is 3. The fraction of sp³-hybridized carbons (Fsp3) is 0.231. The minimum absolute atomic E-state index is 0.0926. The summed E-state index contributed by atoms with van der Waals surface area (Å²) in [6.45, 7) is 2.64. The average Bonchev–Trinajstić information content (AvgIpc) is 2.75. The van der Waals surface area contributed by atoms with Crippen molar-refractivity contribution >= 4 is 54.8 Å². The molecule has 18 heavy (non-hydrogen) atoms. The number of benzene rings is 1. The van der Waals surface area contributed by atoms with E-state index in [9.17, 15) is 0 Å². The van der Waals surface area contributed by atoms with Crippen LogP contribution in [-0.4, -0.2) is 6.61 Å². The van der Waals surface area contributed by atoms with Crippen LogP contribution in [0.15, 0.2) is 34.1 Å². The Morgan fingerprint density at radius 2 is 2.17 bits per heavy atom. The van der Waals surface area contributed by atoms with E-state index in [0.717, 1.165) is 25.7 Å². The van der Waals surface area contributed by atoms with Crippen LogP contribution in [0.1, 0.15) is 22.2 Å². The maximum absolute atomic E-state index is 6.16. The largest absolute Gasteiger partial charge is 0.494 e. The van der Waals surface area contributed by atoms with Gasteiger partial charge in [-0.1, -0.05) is 49.5 Å². The standard InChI is InChI=1S/C13H11Br2ClOS/c1-2-17-8-3-4-9(10(14)7-8)12(15)13-11(16)5-6-18-13/h3-7,12H,2H2,1H3. The highest BCUT2D eigenvalue weighted by Crippen LogP contribution is 2.42. The number of rotatable bonds is 4. The summed E-state index contributed by atoms with van der Waals surface area (Å²) >= 11 is 15.1. The van der Waals surface area contributed by atoms with Crippen molar-refractivity contribution in [3.8, 4) is 5.75 Å². The molecule has 1 heterocycles. The normalized spacial score (nSPS) is 12.4. The van der Waals surface area contributed by atoms with Gasteiger partial charge in [0.2, 0.25) is 0 Å². The lowest BCUT2D eigenvalue weighted by atomic mass is 10.1. The molecule has 0 aliphatic heterocycles. The molecule has 1 unspecified atom stereocenters. The summed E-state index contributed by atoms with van der Waals surface area (Å²) in [5, 5.41) is 2.79. The lowest BCUT2D eigenvalue weighted by Crippen LogP contribution is -1.95. The molecule has 1 aromatic heterocycles. The average molecular weight is 411 g/mol. The first-order chi connectivity index (χ1) is 8.63. The molecule has 96 valence electrons. The minimum Gasteiger partial charge on any atom is -0.494 e. The van der Waals surface area contributed by atoms with Crippen LogP contribution in [0.3, 0.4) is 0 Å². The van der Waals surface area contributed by atoms with Crippen molar-refractivity contribution in [3.63, 3.8) is 0 Å². The second-order valence-electron chi connectivity index (χ2n) is 3.61. The van der Waals surface area contributed by atoms with Crippen LogP contribution in [0.2, 0.25) is 5.02 Å². The summed E-state index contributed by atoms with van der Waals surface area (Å²) in [5.41, 5.74) is 1.14. The van der Waals surface area contributed by atoms with Gasteiger partial charge in [0.25, 0.3) is 0 Å². The van der Waals surface area contributed by atoms with E-state index in [1.165, 1.54) is 0 Å². The van der Waals surface area contributed by atoms with E-state index in [-0.39, 0.29) is 4.83 Å². The van der Waals surface area contributed by atoms with Crippen molar-refractivity contribution in [1.29, 1.82) is 0 Å². The predicted molar refractivity (Wildman–Crippen MR) is 85.4 cm³/mol. The molecule has 1 atom stereocenters. The summed E-state index contributed by atoms with van der Waals surface area (Å²) in [5.74, 6) is 0.866. The van der Waals surface area contributed by atoms with Crippen LogP contribution in [-0.2, 0) is 0 Å². The molecule has 0 aliphatic carbocycles. The molecule has 0 N–H and O–H groups in total. The minimum atomic E-state index is 0.0926. The van der Waals surface area contributed by atoms with Crippen LogP contribution >= 0.6 is 54.8 Å². The predicted octanol–water partition coefficient (Wildman–Crippen LogP) is 6.05. The van der Waals surface area contributed by atoms with E-state index in [1.54, 1.807) is 11.3 Å². The highest BCUT2D eigenvalue weighted by atomic mass is 79.9. The molecule has 0 aliphatic rings. The van der Waals surface area contributed by atoms with E-state index in [4.69, 9.17) is 16.3 Å². The van der Waals surface area contributed by atoms with Gasteiger partial charge in [0, 0.05) is 9.35 Å². The van der Waals surface area contributed by atoms with Gasteiger partial charge in [-0.05, 0) is 36.1 Å². The smallest absolute Gasteiger partial charge is 0.120 e. The Kier molecular flexibility index (Phi) is 5.13. The summed E-state index contributed by atoms with van der Waals surface area (Å²) in [4.78, 5) is 1.21. The van der Waals surface area contributed by atoms with Crippen LogP contribution in [0.5, 0.6) is 5.75 Å². The maximum atomic E-state index is 6.16. The molecule has 0 spiro atoms. The number of alkyl halides is 1. The van der Waals surface area contributed by atoms with Gasteiger partial charge in [-0.2, -0.15) is 0 Å². The number of hydrogen-bond acceptors (Lipinski definition) is 2. The third kappa shape index (κ3) is 3.10. The zero-order valence-electron chi connectivity index (χ0n) is 9.62. The van der Waals surface area contributed by atoms with Crippen LogP contribution in [0.25, 0.3) is 0 Å². The Balaban J connectivity index is 2.31. The van der Waals surface area contributed by atoms with E-state index >= 15 is 0 Å². The van der Waals surface area contributed by atoms with Gasteiger partial charge in [0.05, 0.1) is 16.5 Å². The van der Waals surface area contributed by atoms with Gasteiger partial charge in [0.1, 0.15) is 5.75 Å². The molecule has 0 bridgehead atoms. The fourth-order valence-electron chi connectivity index (χ4n) is 1.60. The molecule has 0 fully saturated rings. The third-order valence-corrected chi connectivity index (χ3v) is 5.80. The number of hydrogen-bond donors (Lipinski definition) is 0. The molecule has 2 aromatic rings. The molecule has 0 saturated heterocycles. The Labute approximate surface area is 132 Å². The molecule has 1 nitrogen and oxygen atoms in total. The van der Waals surface area contributed by atoms with Gasteiger partial charge >= 0.3 is 0 Å². The Morgan fingerprint density at radius 3 is 2.72 bits per heavy atom. The quantitative estimate of drug-likeness (QED) is 0.558. The summed E-state index contributed by atoms with van der Waals surface area (Å²) < 4.78 is 6.48. The van der Waals surface area contributed by atoms with Crippen molar-refractivity contribution in [2.45, 2.75) is 11.8 Å². The third-order valence-electron chi connectivity index (χ3n) is 2.43. The van der Waals surface area contributed by atoms with Gasteiger partial charge in [0.15, 0.2) is 0 Å².